The second-order valence-electron chi connectivity index (χ2n) is 10.9. The first kappa shape index (κ1) is 30.4. The molecule has 0 aliphatic carbocycles. The highest BCUT2D eigenvalue weighted by atomic mass is 32.2. The Kier molecular flexibility index (Phi) is 7.77. The van der Waals surface area contributed by atoms with Crippen molar-refractivity contribution in [1.82, 2.24) is 34.3 Å². The lowest BCUT2D eigenvalue weighted by atomic mass is 10.0. The Morgan fingerprint density at radius 3 is 2.50 bits per heavy atom. The van der Waals surface area contributed by atoms with E-state index in [1.807, 2.05) is 49.4 Å². The van der Waals surface area contributed by atoms with Crippen LogP contribution >= 0.6 is 0 Å². The van der Waals surface area contributed by atoms with Crippen LogP contribution in [0, 0.1) is 18.8 Å². The highest BCUT2D eigenvalue weighted by Gasteiger charge is 2.25. The van der Waals surface area contributed by atoms with Crippen molar-refractivity contribution in [1.29, 1.82) is 0 Å². The molecule has 0 saturated carbocycles. The van der Waals surface area contributed by atoms with E-state index in [-0.39, 0.29) is 11.5 Å². The van der Waals surface area contributed by atoms with Gasteiger partial charge in [0.1, 0.15) is 10.8 Å². The molecule has 4 heterocycles. The van der Waals surface area contributed by atoms with Crippen molar-refractivity contribution in [2.24, 2.45) is 12.2 Å². The van der Waals surface area contributed by atoms with Gasteiger partial charge in [-0.25, -0.2) is 23.1 Å². The molecule has 6 aromatic rings. The number of pyridine rings is 1. The fourth-order valence-corrected chi connectivity index (χ4v) is 6.16. The topological polar surface area (TPSA) is 159 Å². The third-order valence-corrected chi connectivity index (χ3v) is 9.08. The Morgan fingerprint density at radius 1 is 1.02 bits per heavy atom. The highest BCUT2D eigenvalue weighted by Crippen LogP contribution is 2.25. The number of rotatable bonds is 6. The van der Waals surface area contributed by atoms with Crippen LogP contribution in [-0.2, 0) is 17.1 Å². The number of hydrogen-bond donors (Lipinski definition) is 2. The summed E-state index contributed by atoms with van der Waals surface area (Å²) >= 11 is 0. The van der Waals surface area contributed by atoms with Gasteiger partial charge in [-0.05, 0) is 56.5 Å². The van der Waals surface area contributed by atoms with E-state index in [9.17, 15) is 18.0 Å². The van der Waals surface area contributed by atoms with Crippen LogP contribution in [0.4, 0.5) is 0 Å². The summed E-state index contributed by atoms with van der Waals surface area (Å²) in [6.07, 6.45) is 4.80. The average molecular weight is 635 g/mol. The standard InChI is InChI=1S/C33H30N8O4S/c1-20(37-32(42)28-21(2)38-40-17-9-16-35-31(28)40)27-18-24-11-8-10-23(29(24)33(43)41(27)26-12-6-5-7-13-26)14-15-25-19-36-39(4)30(25)22(3)46(34,44)45/h5-13,16-20,22H,1-4H3,(H,37,42)(H2,34,44,45). The molecule has 12 nitrogen and oxygen atoms in total. The molecular formula is C33H30N8O4S. The number of carbonyl (C=O) groups excluding carboxylic acids is 1. The first-order chi connectivity index (χ1) is 22.0. The first-order valence-corrected chi connectivity index (χ1v) is 16.0. The third kappa shape index (κ3) is 5.44. The van der Waals surface area contributed by atoms with Crippen LogP contribution < -0.4 is 16.0 Å². The Morgan fingerprint density at radius 2 is 1.76 bits per heavy atom. The Labute approximate surface area is 264 Å². The van der Waals surface area contributed by atoms with E-state index in [1.54, 1.807) is 53.6 Å². The number of aromatic nitrogens is 6. The van der Waals surface area contributed by atoms with Crippen molar-refractivity contribution >= 4 is 32.4 Å². The summed E-state index contributed by atoms with van der Waals surface area (Å²) in [7, 11) is -2.28. The number of primary sulfonamides is 1. The van der Waals surface area contributed by atoms with Crippen molar-refractivity contribution in [3.63, 3.8) is 0 Å². The molecule has 4 aromatic heterocycles. The minimum Gasteiger partial charge on any atom is -0.344 e. The van der Waals surface area contributed by atoms with Gasteiger partial charge in [-0.1, -0.05) is 42.2 Å². The molecule has 2 aromatic carbocycles. The molecule has 0 radical (unpaired) electrons. The zero-order valence-electron chi connectivity index (χ0n) is 25.5. The molecule has 1 amide bonds. The van der Waals surface area contributed by atoms with Crippen molar-refractivity contribution in [2.45, 2.75) is 32.1 Å². The molecular weight excluding hydrogens is 604 g/mol. The minimum atomic E-state index is -3.90. The molecule has 0 fully saturated rings. The monoisotopic (exact) mass is 634 g/mol. The maximum absolute atomic E-state index is 14.4. The van der Waals surface area contributed by atoms with Gasteiger partial charge < -0.3 is 5.32 Å². The first-order valence-electron chi connectivity index (χ1n) is 14.4. The van der Waals surface area contributed by atoms with E-state index < -0.39 is 21.3 Å². The lowest BCUT2D eigenvalue weighted by molar-refractivity contribution is 0.0939. The molecule has 2 unspecified atom stereocenters. The van der Waals surface area contributed by atoms with E-state index in [4.69, 9.17) is 5.14 Å². The van der Waals surface area contributed by atoms with Crippen molar-refractivity contribution < 1.29 is 13.2 Å². The number of hydrogen-bond acceptors (Lipinski definition) is 7. The Balaban J connectivity index is 1.47. The predicted octanol–water partition coefficient (Wildman–Crippen LogP) is 3.32. The molecule has 0 aliphatic heterocycles. The summed E-state index contributed by atoms with van der Waals surface area (Å²) in [5, 5.41) is 17.0. The van der Waals surface area contributed by atoms with Gasteiger partial charge in [-0.3, -0.25) is 18.8 Å². The van der Waals surface area contributed by atoms with Gasteiger partial charge in [0.25, 0.3) is 11.5 Å². The molecule has 0 aliphatic rings. The molecule has 2 atom stereocenters. The van der Waals surface area contributed by atoms with Crippen molar-refractivity contribution in [3.05, 3.63) is 123 Å². The molecule has 46 heavy (non-hydrogen) atoms. The van der Waals surface area contributed by atoms with Gasteiger partial charge in [-0.15, -0.1) is 0 Å². The summed E-state index contributed by atoms with van der Waals surface area (Å²) in [5.41, 5.74) is 3.33. The van der Waals surface area contributed by atoms with Crippen molar-refractivity contribution in [3.8, 4) is 17.5 Å². The zero-order chi connectivity index (χ0) is 32.7. The number of sulfonamides is 1. The number of carbonyl (C=O) groups is 1. The summed E-state index contributed by atoms with van der Waals surface area (Å²) in [6, 6.07) is 17.5. The summed E-state index contributed by atoms with van der Waals surface area (Å²) in [6.45, 7) is 5.03. The lowest BCUT2D eigenvalue weighted by Gasteiger charge is -2.21. The third-order valence-electron chi connectivity index (χ3n) is 7.87. The summed E-state index contributed by atoms with van der Waals surface area (Å²) < 4.78 is 28.8. The number of nitrogens with one attached hydrogen (secondary N) is 1. The van der Waals surface area contributed by atoms with E-state index >= 15 is 0 Å². The van der Waals surface area contributed by atoms with Gasteiger partial charge in [0.05, 0.1) is 34.6 Å². The van der Waals surface area contributed by atoms with Crippen LogP contribution in [-0.4, -0.2) is 43.3 Å². The number of amides is 1. The van der Waals surface area contributed by atoms with Crippen LogP contribution in [0.25, 0.3) is 22.1 Å². The fraction of sp³-hybridized carbons (Fsp3) is 0.182. The largest absolute Gasteiger partial charge is 0.344 e. The van der Waals surface area contributed by atoms with E-state index in [1.165, 1.54) is 17.8 Å². The van der Waals surface area contributed by atoms with Gasteiger partial charge >= 0.3 is 0 Å². The van der Waals surface area contributed by atoms with E-state index in [0.29, 0.717) is 55.9 Å². The number of para-hydroxylation sites is 1. The van der Waals surface area contributed by atoms with Crippen LogP contribution in [0.3, 0.4) is 0 Å². The molecule has 13 heteroatoms. The molecule has 0 spiro atoms. The van der Waals surface area contributed by atoms with Crippen LogP contribution in [0.2, 0.25) is 0 Å². The molecule has 6 rings (SSSR count). The smallest absolute Gasteiger partial charge is 0.264 e. The Hall–Kier alpha value is -5.58. The number of nitrogens with two attached hydrogens (primary N) is 1. The fourth-order valence-electron chi connectivity index (χ4n) is 5.57. The number of aryl methyl sites for hydroxylation is 2. The van der Waals surface area contributed by atoms with Gasteiger partial charge in [0.2, 0.25) is 10.0 Å². The van der Waals surface area contributed by atoms with E-state index in [0.717, 1.165) is 0 Å². The molecule has 3 N–H and O–H groups in total. The van der Waals surface area contributed by atoms with Gasteiger partial charge in [-0.2, -0.15) is 10.2 Å². The summed E-state index contributed by atoms with van der Waals surface area (Å²) in [4.78, 5) is 32.3. The predicted molar refractivity (Wildman–Crippen MR) is 174 cm³/mol. The van der Waals surface area contributed by atoms with Crippen LogP contribution in [0.5, 0.6) is 0 Å². The highest BCUT2D eigenvalue weighted by molar-refractivity contribution is 7.89. The molecule has 0 saturated heterocycles. The molecule has 0 bridgehead atoms. The number of fused-ring (bicyclic) bond motifs is 2. The van der Waals surface area contributed by atoms with Crippen molar-refractivity contribution in [2.75, 3.05) is 0 Å². The SMILES string of the molecule is Cc1nn2cccnc2c1C(=O)NC(C)c1cc2cccc(C#Cc3cnn(C)c3C(C)S(N)(=O)=O)c2c(=O)n1-c1ccccc1. The maximum Gasteiger partial charge on any atom is 0.264 e. The van der Waals surface area contributed by atoms with Gasteiger partial charge in [0.15, 0.2) is 5.65 Å². The lowest BCUT2D eigenvalue weighted by Crippen LogP contribution is -2.32. The van der Waals surface area contributed by atoms with Crippen LogP contribution in [0.15, 0.2) is 84.0 Å². The normalized spacial score (nSPS) is 12.9. The van der Waals surface area contributed by atoms with E-state index in [2.05, 4.69) is 32.3 Å². The average Bonchev–Trinajstić information content (AvgIpc) is 3.57. The quantitative estimate of drug-likeness (QED) is 0.266. The summed E-state index contributed by atoms with van der Waals surface area (Å²) in [5.74, 6) is 5.71. The van der Waals surface area contributed by atoms with Gasteiger partial charge in [0, 0.05) is 36.4 Å². The molecule has 232 valence electrons. The Bertz CT molecular complexity index is 2380. The second-order valence-corrected chi connectivity index (χ2v) is 12.8. The number of nitrogens with zero attached hydrogens (tertiary/aromatic N) is 6. The number of benzene rings is 2. The maximum atomic E-state index is 14.4. The second kappa shape index (κ2) is 11.7. The minimum absolute atomic E-state index is 0.331. The van der Waals surface area contributed by atoms with Crippen LogP contribution in [0.1, 0.15) is 63.7 Å². The zero-order valence-corrected chi connectivity index (χ0v) is 26.3.